The largest absolute Gasteiger partial charge is 0.297 e. The number of carbonyl (C=O) groups is 1. The molecular formula is C5H7N2OP. The summed E-state index contributed by atoms with van der Waals surface area (Å²) in [6.07, 6.45) is 0. The standard InChI is InChI=1S/C5H7N2OP/c6-1-4-2-7(9)3-5(4)8/h4H,2-3,9H2. The molecule has 0 aromatic carbocycles. The van der Waals surface area contributed by atoms with Gasteiger partial charge in [-0.25, -0.2) is 0 Å². The smallest absolute Gasteiger partial charge is 0.165 e. The van der Waals surface area contributed by atoms with Crippen LogP contribution in [0.5, 0.6) is 0 Å². The van der Waals surface area contributed by atoms with E-state index >= 15 is 0 Å². The van der Waals surface area contributed by atoms with Gasteiger partial charge in [0, 0.05) is 6.54 Å². The van der Waals surface area contributed by atoms with E-state index in [4.69, 9.17) is 5.26 Å². The van der Waals surface area contributed by atoms with E-state index in [2.05, 4.69) is 9.39 Å². The molecule has 48 valence electrons. The molecular weight excluding hydrogens is 135 g/mol. The van der Waals surface area contributed by atoms with Crippen LogP contribution in [0.15, 0.2) is 0 Å². The summed E-state index contributed by atoms with van der Waals surface area (Å²) in [5.74, 6) is -0.352. The molecule has 0 spiro atoms. The van der Waals surface area contributed by atoms with Gasteiger partial charge in [-0.05, 0) is 0 Å². The normalized spacial score (nSPS) is 28.4. The second kappa shape index (κ2) is 2.43. The van der Waals surface area contributed by atoms with E-state index in [-0.39, 0.29) is 11.7 Å². The number of carbonyl (C=O) groups excluding carboxylic acids is 1. The maximum atomic E-state index is 10.7. The minimum absolute atomic E-state index is 0.0347. The number of ketones is 1. The lowest BCUT2D eigenvalue weighted by atomic mass is 10.1. The van der Waals surface area contributed by atoms with Crippen molar-refractivity contribution in [2.45, 2.75) is 0 Å². The molecule has 1 rings (SSSR count). The van der Waals surface area contributed by atoms with Crippen LogP contribution in [0.3, 0.4) is 0 Å². The van der Waals surface area contributed by atoms with Crippen LogP contribution >= 0.6 is 9.39 Å². The van der Waals surface area contributed by atoms with Gasteiger partial charge < -0.3 is 0 Å². The SMILES string of the molecule is N#CC1CN(P)CC1=O. The summed E-state index contributed by atoms with van der Waals surface area (Å²) in [6.45, 7) is 0.975. The Hall–Kier alpha value is -0.450. The van der Waals surface area contributed by atoms with Crippen LogP contribution in [-0.4, -0.2) is 23.5 Å². The predicted molar refractivity (Wildman–Crippen MR) is 35.4 cm³/mol. The molecule has 2 unspecified atom stereocenters. The van der Waals surface area contributed by atoms with Crippen molar-refractivity contribution in [3.8, 4) is 6.07 Å². The van der Waals surface area contributed by atoms with Crippen LogP contribution in [0.2, 0.25) is 0 Å². The van der Waals surface area contributed by atoms with Crippen LogP contribution < -0.4 is 0 Å². The van der Waals surface area contributed by atoms with Crippen LogP contribution in [0, 0.1) is 17.2 Å². The average Bonchev–Trinajstić information content (AvgIpc) is 2.10. The minimum Gasteiger partial charge on any atom is -0.297 e. The summed E-state index contributed by atoms with van der Waals surface area (Å²) >= 11 is 0. The first kappa shape index (κ1) is 6.67. The van der Waals surface area contributed by atoms with Gasteiger partial charge in [-0.2, -0.15) is 5.26 Å². The first-order valence-electron chi connectivity index (χ1n) is 2.66. The lowest BCUT2D eigenvalue weighted by molar-refractivity contribution is -0.118. The molecule has 1 fully saturated rings. The molecule has 1 heterocycles. The summed E-state index contributed by atoms with van der Waals surface area (Å²) in [6, 6.07) is 1.94. The Balaban J connectivity index is 2.61. The van der Waals surface area contributed by atoms with E-state index in [1.165, 1.54) is 0 Å². The Morgan fingerprint density at radius 3 is 2.78 bits per heavy atom. The van der Waals surface area contributed by atoms with Crippen molar-refractivity contribution in [3.05, 3.63) is 0 Å². The molecule has 0 aliphatic carbocycles. The zero-order chi connectivity index (χ0) is 6.85. The third kappa shape index (κ3) is 1.27. The van der Waals surface area contributed by atoms with Gasteiger partial charge in [0.15, 0.2) is 5.78 Å². The van der Waals surface area contributed by atoms with Crippen molar-refractivity contribution in [1.29, 1.82) is 5.26 Å². The Kier molecular flexibility index (Phi) is 1.80. The lowest BCUT2D eigenvalue weighted by Crippen LogP contribution is -2.07. The van der Waals surface area contributed by atoms with Crippen LogP contribution in [-0.2, 0) is 4.79 Å². The molecule has 1 aliphatic rings. The Morgan fingerprint density at radius 2 is 2.56 bits per heavy atom. The van der Waals surface area contributed by atoms with Crippen molar-refractivity contribution < 1.29 is 4.79 Å². The molecule has 0 amide bonds. The summed E-state index contributed by atoms with van der Waals surface area (Å²) < 4.78 is 1.77. The van der Waals surface area contributed by atoms with Crippen LogP contribution in [0.4, 0.5) is 0 Å². The molecule has 9 heavy (non-hydrogen) atoms. The van der Waals surface area contributed by atoms with Gasteiger partial charge in [0.05, 0.1) is 12.6 Å². The molecule has 0 aromatic heterocycles. The highest BCUT2D eigenvalue weighted by Crippen LogP contribution is 2.14. The van der Waals surface area contributed by atoms with Crippen molar-refractivity contribution in [2.24, 2.45) is 5.92 Å². The van der Waals surface area contributed by atoms with Crippen molar-refractivity contribution in [3.63, 3.8) is 0 Å². The predicted octanol–water partition coefficient (Wildman–Crippen LogP) is -0.199. The molecule has 0 aromatic rings. The molecule has 0 radical (unpaired) electrons. The summed E-state index contributed by atoms with van der Waals surface area (Å²) in [5, 5.41) is 8.35. The molecule has 0 N–H and O–H groups in total. The van der Waals surface area contributed by atoms with Crippen molar-refractivity contribution >= 4 is 15.2 Å². The van der Waals surface area contributed by atoms with Crippen LogP contribution in [0.25, 0.3) is 0 Å². The number of nitriles is 1. The van der Waals surface area contributed by atoms with E-state index in [1.54, 1.807) is 4.67 Å². The average molecular weight is 142 g/mol. The Morgan fingerprint density at radius 1 is 1.89 bits per heavy atom. The van der Waals surface area contributed by atoms with E-state index in [0.717, 1.165) is 0 Å². The van der Waals surface area contributed by atoms with Gasteiger partial charge in [-0.1, -0.05) is 9.39 Å². The topological polar surface area (TPSA) is 44.1 Å². The van der Waals surface area contributed by atoms with E-state index in [9.17, 15) is 4.79 Å². The van der Waals surface area contributed by atoms with Crippen LogP contribution in [0.1, 0.15) is 0 Å². The number of hydrogen-bond acceptors (Lipinski definition) is 3. The van der Waals surface area contributed by atoms with E-state index < -0.39 is 0 Å². The Bertz CT molecular complexity index is 174. The molecule has 4 heteroatoms. The number of rotatable bonds is 0. The van der Waals surface area contributed by atoms with Gasteiger partial charge in [0.25, 0.3) is 0 Å². The fourth-order valence-corrected chi connectivity index (χ4v) is 1.21. The minimum atomic E-state index is -0.387. The van der Waals surface area contributed by atoms with Gasteiger partial charge in [0.1, 0.15) is 5.92 Å². The van der Waals surface area contributed by atoms with E-state index in [1.807, 2.05) is 6.07 Å². The first-order chi connectivity index (χ1) is 4.24. The molecule has 0 bridgehead atoms. The highest BCUT2D eigenvalue weighted by Gasteiger charge is 2.27. The molecule has 2 atom stereocenters. The fraction of sp³-hybridized carbons (Fsp3) is 0.600. The highest BCUT2D eigenvalue weighted by atomic mass is 31.0. The van der Waals surface area contributed by atoms with Gasteiger partial charge >= 0.3 is 0 Å². The molecule has 1 aliphatic heterocycles. The summed E-state index contributed by atoms with van der Waals surface area (Å²) in [7, 11) is 2.41. The first-order valence-corrected chi connectivity index (χ1v) is 3.17. The molecule has 1 saturated heterocycles. The van der Waals surface area contributed by atoms with Gasteiger partial charge in [0.2, 0.25) is 0 Å². The zero-order valence-corrected chi connectivity index (χ0v) is 6.03. The molecule has 0 saturated carbocycles. The van der Waals surface area contributed by atoms with Gasteiger partial charge in [-0.3, -0.25) is 9.46 Å². The maximum Gasteiger partial charge on any atom is 0.165 e. The second-order valence-electron chi connectivity index (χ2n) is 2.08. The van der Waals surface area contributed by atoms with Crippen molar-refractivity contribution in [2.75, 3.05) is 13.1 Å². The summed E-state index contributed by atoms with van der Waals surface area (Å²) in [5.41, 5.74) is 0. The summed E-state index contributed by atoms with van der Waals surface area (Å²) in [4.78, 5) is 10.7. The highest BCUT2D eigenvalue weighted by molar-refractivity contribution is 7.13. The van der Waals surface area contributed by atoms with E-state index in [0.29, 0.717) is 13.1 Å². The number of hydrogen-bond donors (Lipinski definition) is 0. The monoisotopic (exact) mass is 142 g/mol. The van der Waals surface area contributed by atoms with Gasteiger partial charge in [-0.15, -0.1) is 0 Å². The number of Topliss-reactive ketones (excluding diaryl/α,β-unsaturated/α-hetero) is 1. The van der Waals surface area contributed by atoms with Crippen molar-refractivity contribution in [1.82, 2.24) is 4.67 Å². The molecule has 3 nitrogen and oxygen atoms in total. The maximum absolute atomic E-state index is 10.7. The second-order valence-corrected chi connectivity index (χ2v) is 2.81. The number of nitrogens with zero attached hydrogens (tertiary/aromatic N) is 2. The fourth-order valence-electron chi connectivity index (χ4n) is 0.824. The third-order valence-electron chi connectivity index (χ3n) is 1.32. The third-order valence-corrected chi connectivity index (χ3v) is 1.71. The zero-order valence-electron chi connectivity index (χ0n) is 4.87. The lowest BCUT2D eigenvalue weighted by Gasteiger charge is -2.00. The quantitative estimate of drug-likeness (QED) is 0.440. The Labute approximate surface area is 55.9 Å².